The Morgan fingerprint density at radius 2 is 2.00 bits per heavy atom. The molecule has 0 saturated carbocycles. The molecule has 0 bridgehead atoms. The van der Waals surface area contributed by atoms with Gasteiger partial charge in [-0.15, -0.1) is 0 Å². The first-order valence-corrected chi connectivity index (χ1v) is 11.5. The molecule has 2 heterocycles. The molecule has 10 heteroatoms. The van der Waals surface area contributed by atoms with Crippen molar-refractivity contribution in [3.63, 3.8) is 0 Å². The van der Waals surface area contributed by atoms with E-state index in [1.54, 1.807) is 48.5 Å². The van der Waals surface area contributed by atoms with E-state index in [2.05, 4.69) is 22.3 Å². The number of halogens is 1. The van der Waals surface area contributed by atoms with Crippen molar-refractivity contribution in [1.29, 1.82) is 0 Å². The highest BCUT2D eigenvalue weighted by atomic mass is 35.5. The molecule has 4 rings (SSSR count). The maximum atomic E-state index is 12.3. The number of nitrogens with zero attached hydrogens (tertiary/aromatic N) is 3. The number of hydrogen-bond acceptors (Lipinski definition) is 7. The van der Waals surface area contributed by atoms with Gasteiger partial charge in [-0.3, -0.25) is 9.59 Å². The number of carbonyl (C=O) groups is 1. The number of rotatable bonds is 9. The number of hydrogen-bond donors (Lipinski definition) is 1. The number of fused-ring (bicyclic) bond motifs is 1. The Kier molecular flexibility index (Phi) is 7.21. The summed E-state index contributed by atoms with van der Waals surface area (Å²) < 4.78 is 12.6. The first-order chi connectivity index (χ1) is 16.0. The fourth-order valence-electron chi connectivity index (χ4n) is 3.01. The smallest absolute Gasteiger partial charge is 0.275 e. The maximum absolute atomic E-state index is 12.3. The Morgan fingerprint density at radius 1 is 1.15 bits per heavy atom. The minimum absolute atomic E-state index is 0.111. The fraction of sp³-hybridized carbons (Fsp3) is 0.217. The molecule has 170 valence electrons. The van der Waals surface area contributed by atoms with E-state index < -0.39 is 0 Å². The Labute approximate surface area is 198 Å². The van der Waals surface area contributed by atoms with E-state index in [1.165, 1.54) is 21.9 Å². The SMILES string of the molecule is CCCc1nn2c(=O)cc(COc3cccc(NC(=O)COc4ccccc4Cl)c3)nc2s1. The average Bonchev–Trinajstić information content (AvgIpc) is 3.21. The summed E-state index contributed by atoms with van der Waals surface area (Å²) in [5.74, 6) is 0.632. The number of nitrogens with one attached hydrogen (secondary N) is 1. The van der Waals surface area contributed by atoms with Gasteiger partial charge in [0.05, 0.1) is 10.7 Å². The maximum Gasteiger partial charge on any atom is 0.275 e. The third kappa shape index (κ3) is 5.88. The second-order valence-corrected chi connectivity index (χ2v) is 8.56. The van der Waals surface area contributed by atoms with Gasteiger partial charge in [0.15, 0.2) is 6.61 Å². The van der Waals surface area contributed by atoms with Crippen molar-refractivity contribution in [2.24, 2.45) is 0 Å². The van der Waals surface area contributed by atoms with Crippen molar-refractivity contribution in [2.45, 2.75) is 26.4 Å². The van der Waals surface area contributed by atoms with Gasteiger partial charge in [0.2, 0.25) is 4.96 Å². The minimum atomic E-state index is -0.333. The van der Waals surface area contributed by atoms with Crippen LogP contribution in [0.4, 0.5) is 5.69 Å². The van der Waals surface area contributed by atoms with Crippen molar-refractivity contribution in [2.75, 3.05) is 11.9 Å². The summed E-state index contributed by atoms with van der Waals surface area (Å²) in [7, 11) is 0. The Balaban J connectivity index is 1.36. The third-order valence-electron chi connectivity index (χ3n) is 4.50. The molecule has 8 nitrogen and oxygen atoms in total. The van der Waals surface area contributed by atoms with Gasteiger partial charge < -0.3 is 14.8 Å². The average molecular weight is 485 g/mol. The van der Waals surface area contributed by atoms with Crippen LogP contribution < -0.4 is 20.3 Å². The standard InChI is InChI=1S/C23H21ClN4O4S/c1-2-6-21-27-28-22(30)12-16(26-23(28)33-21)13-31-17-8-5-7-15(11-17)25-20(29)14-32-19-10-4-3-9-18(19)24/h3-5,7-12H,2,6,13-14H2,1H3,(H,25,29). The molecule has 0 fully saturated rings. The van der Waals surface area contributed by atoms with Crippen LogP contribution in [0.5, 0.6) is 11.5 Å². The minimum Gasteiger partial charge on any atom is -0.487 e. The van der Waals surface area contributed by atoms with Crippen molar-refractivity contribution < 1.29 is 14.3 Å². The largest absolute Gasteiger partial charge is 0.487 e. The highest BCUT2D eigenvalue weighted by molar-refractivity contribution is 7.16. The van der Waals surface area contributed by atoms with E-state index in [-0.39, 0.29) is 24.7 Å². The molecular weight excluding hydrogens is 464 g/mol. The van der Waals surface area contributed by atoms with Crippen LogP contribution in [-0.2, 0) is 17.8 Å². The topological polar surface area (TPSA) is 94.8 Å². The van der Waals surface area contributed by atoms with Crippen LogP contribution in [0.1, 0.15) is 24.0 Å². The molecule has 2 aromatic heterocycles. The molecule has 1 N–H and O–H groups in total. The molecule has 0 radical (unpaired) electrons. The molecular formula is C23H21ClN4O4S. The van der Waals surface area contributed by atoms with Crippen molar-refractivity contribution in [1.82, 2.24) is 14.6 Å². The summed E-state index contributed by atoms with van der Waals surface area (Å²) in [6.07, 6.45) is 1.75. The summed E-state index contributed by atoms with van der Waals surface area (Å²) in [6.45, 7) is 1.99. The number of para-hydroxylation sites is 1. The number of aromatic nitrogens is 3. The van der Waals surface area contributed by atoms with Crippen LogP contribution in [0.3, 0.4) is 0 Å². The van der Waals surface area contributed by atoms with E-state index in [4.69, 9.17) is 21.1 Å². The lowest BCUT2D eigenvalue weighted by Crippen LogP contribution is -2.20. The van der Waals surface area contributed by atoms with Gasteiger partial charge in [-0.05, 0) is 30.7 Å². The van der Waals surface area contributed by atoms with Crippen LogP contribution in [0.2, 0.25) is 5.02 Å². The zero-order valence-corrected chi connectivity index (χ0v) is 19.4. The first-order valence-electron chi connectivity index (χ1n) is 10.3. The number of amides is 1. The lowest BCUT2D eigenvalue weighted by atomic mass is 10.3. The number of carbonyl (C=O) groups excluding carboxylic acids is 1. The van der Waals surface area contributed by atoms with Gasteiger partial charge in [0.1, 0.15) is 23.1 Å². The monoisotopic (exact) mass is 484 g/mol. The third-order valence-corrected chi connectivity index (χ3v) is 5.78. The molecule has 1 amide bonds. The molecule has 2 aromatic carbocycles. The van der Waals surface area contributed by atoms with E-state index in [0.717, 1.165) is 17.8 Å². The zero-order valence-electron chi connectivity index (χ0n) is 17.8. The van der Waals surface area contributed by atoms with E-state index in [0.29, 0.717) is 32.9 Å². The van der Waals surface area contributed by atoms with Gasteiger partial charge in [-0.25, -0.2) is 4.98 Å². The predicted molar refractivity (Wildman–Crippen MR) is 127 cm³/mol. The number of anilines is 1. The summed E-state index contributed by atoms with van der Waals surface area (Å²) in [4.78, 5) is 29.6. The normalized spacial score (nSPS) is 10.8. The van der Waals surface area contributed by atoms with E-state index >= 15 is 0 Å². The van der Waals surface area contributed by atoms with Crippen LogP contribution in [0.15, 0.2) is 59.4 Å². The van der Waals surface area contributed by atoms with Gasteiger partial charge in [-0.1, -0.05) is 48.1 Å². The van der Waals surface area contributed by atoms with E-state index in [9.17, 15) is 9.59 Å². The Bertz CT molecular complexity index is 1340. The molecule has 0 unspecified atom stereocenters. The molecule has 0 spiro atoms. The highest BCUT2D eigenvalue weighted by Crippen LogP contribution is 2.23. The summed E-state index contributed by atoms with van der Waals surface area (Å²) in [5.41, 5.74) is 0.821. The summed E-state index contributed by atoms with van der Waals surface area (Å²) in [6, 6.07) is 15.3. The zero-order chi connectivity index (χ0) is 23.2. The molecule has 0 aliphatic carbocycles. The van der Waals surface area contributed by atoms with Crippen LogP contribution >= 0.6 is 22.9 Å². The van der Waals surface area contributed by atoms with Gasteiger partial charge in [-0.2, -0.15) is 9.61 Å². The Hall–Kier alpha value is -3.43. The highest BCUT2D eigenvalue weighted by Gasteiger charge is 2.10. The summed E-state index contributed by atoms with van der Waals surface area (Å²) >= 11 is 7.43. The van der Waals surface area contributed by atoms with Gasteiger partial charge in [0.25, 0.3) is 11.5 Å². The van der Waals surface area contributed by atoms with Gasteiger partial charge >= 0.3 is 0 Å². The molecule has 0 aliphatic heterocycles. The van der Waals surface area contributed by atoms with Gasteiger partial charge in [0, 0.05) is 24.2 Å². The fourth-order valence-corrected chi connectivity index (χ4v) is 4.22. The van der Waals surface area contributed by atoms with E-state index in [1.807, 2.05) is 0 Å². The number of ether oxygens (including phenoxy) is 2. The van der Waals surface area contributed by atoms with Crippen LogP contribution in [0, 0.1) is 0 Å². The molecule has 0 atom stereocenters. The second-order valence-electron chi connectivity index (χ2n) is 7.11. The molecule has 33 heavy (non-hydrogen) atoms. The Morgan fingerprint density at radius 3 is 2.82 bits per heavy atom. The summed E-state index contributed by atoms with van der Waals surface area (Å²) in [5, 5.41) is 8.37. The van der Waals surface area contributed by atoms with Crippen molar-refractivity contribution in [3.8, 4) is 11.5 Å². The number of benzene rings is 2. The van der Waals surface area contributed by atoms with Crippen molar-refractivity contribution >= 4 is 39.5 Å². The second kappa shape index (κ2) is 10.5. The van der Waals surface area contributed by atoms with Crippen LogP contribution in [-0.4, -0.2) is 27.1 Å². The first kappa shape index (κ1) is 22.8. The molecule has 4 aromatic rings. The molecule has 0 aliphatic rings. The quantitative estimate of drug-likeness (QED) is 0.379. The predicted octanol–water partition coefficient (Wildman–Crippen LogP) is 4.35. The lowest BCUT2D eigenvalue weighted by Gasteiger charge is -2.10. The van der Waals surface area contributed by atoms with Crippen molar-refractivity contribution in [3.05, 3.63) is 80.7 Å². The number of aryl methyl sites for hydroxylation is 1. The van der Waals surface area contributed by atoms with Crippen LogP contribution in [0.25, 0.3) is 4.96 Å². The lowest BCUT2D eigenvalue weighted by molar-refractivity contribution is -0.118. The molecule has 0 saturated heterocycles.